The molecule has 0 fully saturated rings. The molecule has 0 spiro atoms. The van der Waals surface area contributed by atoms with Crippen molar-refractivity contribution < 1.29 is 19.1 Å². The van der Waals surface area contributed by atoms with Crippen LogP contribution < -0.4 is 10.1 Å². The van der Waals surface area contributed by atoms with Crippen molar-refractivity contribution in [2.75, 3.05) is 17.7 Å². The fourth-order valence-corrected chi connectivity index (χ4v) is 5.44. The molecule has 11 heteroatoms. The number of hydrogen-bond acceptors (Lipinski definition) is 8. The molecule has 0 aliphatic heterocycles. The van der Waals surface area contributed by atoms with Gasteiger partial charge in [-0.05, 0) is 70.4 Å². The zero-order valence-corrected chi connectivity index (χ0v) is 23.0. The Kier molecular flexibility index (Phi) is 9.21. The number of thiophene rings is 1. The largest absolute Gasteiger partial charge is 0.486 e. The van der Waals surface area contributed by atoms with Crippen LogP contribution in [0.3, 0.4) is 0 Å². The number of aryl methyl sites for hydroxylation is 3. The minimum atomic E-state index is -0.432. The van der Waals surface area contributed by atoms with Crippen LogP contribution in [0.15, 0.2) is 17.3 Å². The summed E-state index contributed by atoms with van der Waals surface area (Å²) in [5, 5.41) is 13.2. The van der Waals surface area contributed by atoms with Crippen LogP contribution in [-0.4, -0.2) is 39.0 Å². The smallest absolute Gasteiger partial charge is 0.341 e. The van der Waals surface area contributed by atoms with Crippen molar-refractivity contribution in [1.82, 2.24) is 14.8 Å². The van der Waals surface area contributed by atoms with E-state index in [1.165, 1.54) is 23.1 Å². The average Bonchev–Trinajstić information content (AvgIpc) is 3.33. The van der Waals surface area contributed by atoms with E-state index in [1.807, 2.05) is 51.3 Å². The predicted octanol–water partition coefficient (Wildman–Crippen LogP) is 5.73. The number of anilines is 1. The maximum atomic E-state index is 12.7. The van der Waals surface area contributed by atoms with Gasteiger partial charge in [0.15, 0.2) is 11.0 Å². The fraction of sp³-hybridized carbons (Fsp3) is 0.417. The Bertz CT molecular complexity index is 1220. The molecule has 3 aromatic rings. The van der Waals surface area contributed by atoms with Gasteiger partial charge in [0.25, 0.3) is 0 Å². The summed E-state index contributed by atoms with van der Waals surface area (Å²) < 4.78 is 13.0. The Morgan fingerprint density at radius 2 is 1.83 bits per heavy atom. The molecule has 1 aromatic carbocycles. The first-order valence-electron chi connectivity index (χ1n) is 11.2. The molecule has 0 unspecified atom stereocenters. The van der Waals surface area contributed by atoms with Gasteiger partial charge in [0.1, 0.15) is 17.4 Å². The average molecular weight is 537 g/mol. The number of nitrogens with one attached hydrogen (secondary N) is 1. The van der Waals surface area contributed by atoms with E-state index in [2.05, 4.69) is 15.5 Å². The first-order chi connectivity index (χ1) is 16.7. The van der Waals surface area contributed by atoms with Gasteiger partial charge in [-0.25, -0.2) is 4.79 Å². The number of rotatable bonds is 10. The maximum absolute atomic E-state index is 12.7. The number of carbonyl (C=O) groups excluding carboxylic acids is 2. The lowest BCUT2D eigenvalue weighted by Gasteiger charge is -2.11. The second-order valence-electron chi connectivity index (χ2n) is 7.85. The van der Waals surface area contributed by atoms with Crippen molar-refractivity contribution in [3.05, 3.63) is 50.1 Å². The molecule has 0 saturated heterocycles. The summed E-state index contributed by atoms with van der Waals surface area (Å²) in [5.41, 5.74) is 3.13. The molecule has 2 heterocycles. The highest BCUT2D eigenvalue weighted by Crippen LogP contribution is 2.33. The summed E-state index contributed by atoms with van der Waals surface area (Å²) in [5.74, 6) is 0.820. The quantitative estimate of drug-likeness (QED) is 0.261. The third-order valence-corrected chi connectivity index (χ3v) is 8.02. The monoisotopic (exact) mass is 536 g/mol. The van der Waals surface area contributed by atoms with Crippen molar-refractivity contribution in [2.45, 2.75) is 59.9 Å². The molecule has 0 atom stereocenters. The van der Waals surface area contributed by atoms with Gasteiger partial charge in [-0.2, -0.15) is 0 Å². The van der Waals surface area contributed by atoms with E-state index in [0.29, 0.717) is 33.8 Å². The second kappa shape index (κ2) is 11.9. The number of thioether (sulfide) groups is 1. The molecule has 0 aliphatic carbocycles. The zero-order valence-electron chi connectivity index (χ0n) is 20.7. The number of aromatic nitrogens is 3. The molecule has 8 nitrogen and oxygen atoms in total. The van der Waals surface area contributed by atoms with Crippen molar-refractivity contribution >= 4 is 51.6 Å². The molecule has 35 heavy (non-hydrogen) atoms. The Morgan fingerprint density at radius 3 is 2.46 bits per heavy atom. The van der Waals surface area contributed by atoms with E-state index in [1.54, 1.807) is 6.92 Å². The fourth-order valence-electron chi connectivity index (χ4n) is 3.44. The van der Waals surface area contributed by atoms with Crippen molar-refractivity contribution in [1.29, 1.82) is 0 Å². The highest BCUT2D eigenvalue weighted by molar-refractivity contribution is 7.99. The first-order valence-corrected chi connectivity index (χ1v) is 13.4. The Morgan fingerprint density at radius 1 is 1.14 bits per heavy atom. The predicted molar refractivity (Wildman–Crippen MR) is 140 cm³/mol. The van der Waals surface area contributed by atoms with E-state index in [0.717, 1.165) is 26.6 Å². The van der Waals surface area contributed by atoms with Crippen LogP contribution in [0, 0.1) is 27.7 Å². The lowest BCUT2D eigenvalue weighted by Crippen LogP contribution is -2.17. The van der Waals surface area contributed by atoms with Gasteiger partial charge in [0.2, 0.25) is 5.91 Å². The first kappa shape index (κ1) is 27.0. The minimum absolute atomic E-state index is 0.118. The van der Waals surface area contributed by atoms with E-state index in [9.17, 15) is 9.59 Å². The number of nitrogens with zero attached hydrogens (tertiary/aromatic N) is 3. The third-order valence-electron chi connectivity index (χ3n) is 5.34. The van der Waals surface area contributed by atoms with Gasteiger partial charge in [0, 0.05) is 16.4 Å². The number of esters is 1. The summed E-state index contributed by atoms with van der Waals surface area (Å²) >= 11 is 8.88. The molecular weight excluding hydrogens is 508 g/mol. The number of hydrogen-bond donors (Lipinski definition) is 1. The SMILES string of the molecule is CCOC(=O)c1c(NC(=O)CSc2nnc(COc3cc(C)c(Cl)c(C)c3)n2CC)sc(C)c1C. The highest BCUT2D eigenvalue weighted by Gasteiger charge is 2.22. The van der Waals surface area contributed by atoms with Crippen LogP contribution in [0.1, 0.15) is 51.6 Å². The Balaban J connectivity index is 1.64. The molecule has 0 aliphatic rings. The van der Waals surface area contributed by atoms with E-state index in [4.69, 9.17) is 21.1 Å². The molecule has 0 saturated carbocycles. The van der Waals surface area contributed by atoms with Crippen molar-refractivity contribution in [2.24, 2.45) is 0 Å². The van der Waals surface area contributed by atoms with Gasteiger partial charge in [-0.1, -0.05) is 23.4 Å². The lowest BCUT2D eigenvalue weighted by molar-refractivity contribution is -0.113. The summed E-state index contributed by atoms with van der Waals surface area (Å²) in [7, 11) is 0. The van der Waals surface area contributed by atoms with Gasteiger partial charge >= 0.3 is 5.97 Å². The maximum Gasteiger partial charge on any atom is 0.341 e. The Hall–Kier alpha value is -2.56. The second-order valence-corrected chi connectivity index (χ2v) is 10.4. The number of halogens is 1. The highest BCUT2D eigenvalue weighted by atomic mass is 35.5. The van der Waals surface area contributed by atoms with Crippen LogP contribution in [-0.2, 0) is 22.7 Å². The molecule has 0 bridgehead atoms. The van der Waals surface area contributed by atoms with Gasteiger partial charge in [-0.15, -0.1) is 21.5 Å². The third kappa shape index (κ3) is 6.36. The van der Waals surface area contributed by atoms with Crippen LogP contribution in [0.2, 0.25) is 5.02 Å². The normalized spacial score (nSPS) is 10.9. The number of benzene rings is 1. The zero-order chi connectivity index (χ0) is 25.7. The van der Waals surface area contributed by atoms with Crippen LogP contribution >= 0.6 is 34.7 Å². The number of amides is 1. The van der Waals surface area contributed by atoms with Gasteiger partial charge in [-0.3, -0.25) is 4.79 Å². The number of ether oxygens (including phenoxy) is 2. The van der Waals surface area contributed by atoms with Crippen molar-refractivity contribution in [3.8, 4) is 5.75 Å². The summed E-state index contributed by atoms with van der Waals surface area (Å²) in [6, 6.07) is 3.78. The molecule has 1 N–H and O–H groups in total. The molecule has 0 radical (unpaired) electrons. The van der Waals surface area contributed by atoms with Crippen molar-refractivity contribution in [3.63, 3.8) is 0 Å². The summed E-state index contributed by atoms with van der Waals surface area (Å²) in [6.45, 7) is 12.5. The van der Waals surface area contributed by atoms with E-state index >= 15 is 0 Å². The molecule has 3 rings (SSSR count). The summed E-state index contributed by atoms with van der Waals surface area (Å²) in [4.78, 5) is 26.0. The summed E-state index contributed by atoms with van der Waals surface area (Å²) in [6.07, 6.45) is 0. The lowest BCUT2D eigenvalue weighted by atomic mass is 10.1. The van der Waals surface area contributed by atoms with E-state index in [-0.39, 0.29) is 24.9 Å². The molecule has 188 valence electrons. The Labute approximate surface area is 218 Å². The topological polar surface area (TPSA) is 95.3 Å². The van der Waals surface area contributed by atoms with Gasteiger partial charge in [0.05, 0.1) is 17.9 Å². The number of carbonyl (C=O) groups is 2. The molecular formula is C24H29ClN4O4S2. The van der Waals surface area contributed by atoms with Crippen LogP contribution in [0.25, 0.3) is 0 Å². The standard InChI is InChI=1S/C24H29ClN4O4S2/c1-7-29-18(11-33-17-9-13(3)21(25)14(4)10-17)27-28-24(29)34-12-19(30)26-22-20(23(31)32-8-2)15(5)16(6)35-22/h9-10H,7-8,11-12H2,1-6H3,(H,26,30). The molecule has 1 amide bonds. The molecule has 2 aromatic heterocycles. The van der Waals surface area contributed by atoms with Crippen LogP contribution in [0.5, 0.6) is 5.75 Å². The van der Waals surface area contributed by atoms with Gasteiger partial charge < -0.3 is 19.4 Å². The minimum Gasteiger partial charge on any atom is -0.486 e. The van der Waals surface area contributed by atoms with E-state index < -0.39 is 5.97 Å². The van der Waals surface area contributed by atoms with Crippen LogP contribution in [0.4, 0.5) is 5.00 Å².